The number of amides is 2. The fourth-order valence-corrected chi connectivity index (χ4v) is 3.91. The number of hydrazone groups is 1. The molecule has 0 atom stereocenters. The van der Waals surface area contributed by atoms with Crippen LogP contribution >= 0.6 is 0 Å². The lowest BCUT2D eigenvalue weighted by atomic mass is 10.0. The van der Waals surface area contributed by atoms with E-state index in [1.807, 2.05) is 30.3 Å². The van der Waals surface area contributed by atoms with E-state index < -0.39 is 17.8 Å². The summed E-state index contributed by atoms with van der Waals surface area (Å²) >= 11 is 0. The average molecular weight is 542 g/mol. The summed E-state index contributed by atoms with van der Waals surface area (Å²) in [5.41, 5.74) is 3.50. The molecule has 40 heavy (non-hydrogen) atoms. The van der Waals surface area contributed by atoms with Gasteiger partial charge in [-0.15, -0.1) is 0 Å². The predicted molar refractivity (Wildman–Crippen MR) is 150 cm³/mol. The number of rotatable bonds is 10. The number of hydrogen-bond acceptors (Lipinski definition) is 8. The molecule has 0 aromatic heterocycles. The van der Waals surface area contributed by atoms with E-state index in [2.05, 4.69) is 15.8 Å². The van der Waals surface area contributed by atoms with Gasteiger partial charge in [-0.1, -0.05) is 48.5 Å². The van der Waals surface area contributed by atoms with Crippen molar-refractivity contribution in [1.82, 2.24) is 10.7 Å². The van der Waals surface area contributed by atoms with Crippen molar-refractivity contribution in [3.63, 3.8) is 0 Å². The van der Waals surface area contributed by atoms with Crippen LogP contribution in [0.3, 0.4) is 0 Å². The highest BCUT2D eigenvalue weighted by atomic mass is 16.5. The third-order valence-electron chi connectivity index (χ3n) is 5.86. The SMILES string of the molecule is COc1cc(C(=O)NCC(=O)N/N=C/c2c(OC(=O)c3ccccc3)ccc3ccccc23)cc(OC)c1OC. The van der Waals surface area contributed by atoms with Crippen molar-refractivity contribution in [3.8, 4) is 23.0 Å². The fourth-order valence-electron chi connectivity index (χ4n) is 3.91. The summed E-state index contributed by atoms with van der Waals surface area (Å²) in [5, 5.41) is 8.23. The maximum Gasteiger partial charge on any atom is 0.343 e. The van der Waals surface area contributed by atoms with Crippen molar-refractivity contribution >= 4 is 34.8 Å². The molecule has 4 rings (SSSR count). The van der Waals surface area contributed by atoms with Gasteiger partial charge in [0.2, 0.25) is 5.75 Å². The normalized spacial score (nSPS) is 10.7. The van der Waals surface area contributed by atoms with E-state index in [0.29, 0.717) is 28.4 Å². The standard InChI is InChI=1S/C30H27N3O7/c1-37-25-15-21(16-26(38-2)28(25)39-3)29(35)31-18-27(34)33-32-17-23-22-12-8-7-9-19(22)13-14-24(23)40-30(36)20-10-5-4-6-11-20/h4-17H,18H2,1-3H3,(H,31,35)(H,33,34)/b32-17+. The summed E-state index contributed by atoms with van der Waals surface area (Å²) in [4.78, 5) is 37.8. The fraction of sp³-hybridized carbons (Fsp3) is 0.133. The molecule has 10 nitrogen and oxygen atoms in total. The molecule has 2 amide bonds. The summed E-state index contributed by atoms with van der Waals surface area (Å²) < 4.78 is 21.4. The minimum atomic E-state index is -0.569. The van der Waals surface area contributed by atoms with Crippen molar-refractivity contribution in [3.05, 3.63) is 95.6 Å². The van der Waals surface area contributed by atoms with Gasteiger partial charge in [-0.2, -0.15) is 5.10 Å². The zero-order valence-corrected chi connectivity index (χ0v) is 22.1. The molecule has 0 radical (unpaired) electrons. The molecule has 2 N–H and O–H groups in total. The number of esters is 1. The molecule has 10 heteroatoms. The van der Waals surface area contributed by atoms with E-state index in [0.717, 1.165) is 10.8 Å². The highest BCUT2D eigenvalue weighted by molar-refractivity contribution is 6.04. The van der Waals surface area contributed by atoms with Crippen LogP contribution in [0.1, 0.15) is 26.3 Å². The van der Waals surface area contributed by atoms with Crippen molar-refractivity contribution in [2.24, 2.45) is 5.10 Å². The molecule has 4 aromatic carbocycles. The first-order valence-corrected chi connectivity index (χ1v) is 12.1. The molecule has 0 heterocycles. The van der Waals surface area contributed by atoms with Crippen LogP contribution in [0.15, 0.2) is 84.0 Å². The van der Waals surface area contributed by atoms with Gasteiger partial charge >= 0.3 is 5.97 Å². The third-order valence-corrected chi connectivity index (χ3v) is 5.86. The molecule has 0 aliphatic heterocycles. The second kappa shape index (κ2) is 12.9. The van der Waals surface area contributed by atoms with Crippen molar-refractivity contribution in [2.45, 2.75) is 0 Å². The summed E-state index contributed by atoms with van der Waals surface area (Å²) in [6.45, 7) is -0.349. The Labute approximate surface area is 230 Å². The molecule has 0 fully saturated rings. The van der Waals surface area contributed by atoms with E-state index in [9.17, 15) is 14.4 Å². The third kappa shape index (κ3) is 6.36. The molecular weight excluding hydrogens is 514 g/mol. The topological polar surface area (TPSA) is 125 Å². The van der Waals surface area contributed by atoms with E-state index in [-0.39, 0.29) is 17.9 Å². The van der Waals surface area contributed by atoms with Crippen LogP contribution in [-0.4, -0.2) is 51.9 Å². The monoisotopic (exact) mass is 541 g/mol. The molecule has 4 aromatic rings. The van der Waals surface area contributed by atoms with Gasteiger partial charge < -0.3 is 24.3 Å². The second-order valence-electron chi connectivity index (χ2n) is 8.34. The number of benzene rings is 4. The van der Waals surface area contributed by atoms with Gasteiger partial charge in [0.05, 0.1) is 39.7 Å². The molecule has 204 valence electrons. The summed E-state index contributed by atoms with van der Waals surface area (Å²) in [5.74, 6) is -0.385. The Kier molecular flexibility index (Phi) is 8.93. The molecule has 0 spiro atoms. The first-order chi connectivity index (χ1) is 19.4. The van der Waals surface area contributed by atoms with Crippen LogP contribution < -0.4 is 29.7 Å². The number of methoxy groups -OCH3 is 3. The molecule has 0 saturated heterocycles. The quantitative estimate of drug-likeness (QED) is 0.135. The zero-order chi connectivity index (χ0) is 28.5. The first-order valence-electron chi connectivity index (χ1n) is 12.1. The smallest absolute Gasteiger partial charge is 0.343 e. The molecular formula is C30H27N3O7. The molecule has 0 unspecified atom stereocenters. The minimum absolute atomic E-state index is 0.214. The lowest BCUT2D eigenvalue weighted by molar-refractivity contribution is -0.120. The Hall–Kier alpha value is -5.38. The summed E-state index contributed by atoms with van der Waals surface area (Å²) in [7, 11) is 4.34. The van der Waals surface area contributed by atoms with Gasteiger partial charge in [-0.25, -0.2) is 10.2 Å². The Morgan fingerprint density at radius 3 is 2.12 bits per heavy atom. The largest absolute Gasteiger partial charge is 0.493 e. The molecule has 0 saturated carbocycles. The highest BCUT2D eigenvalue weighted by Crippen LogP contribution is 2.38. The Bertz CT molecular complexity index is 1540. The number of fused-ring (bicyclic) bond motifs is 1. The first kappa shape index (κ1) is 27.6. The Balaban J connectivity index is 1.45. The zero-order valence-electron chi connectivity index (χ0n) is 22.1. The van der Waals surface area contributed by atoms with Gasteiger partial charge in [0.1, 0.15) is 5.75 Å². The maximum absolute atomic E-state index is 12.7. The lowest BCUT2D eigenvalue weighted by Crippen LogP contribution is -2.35. The summed E-state index contributed by atoms with van der Waals surface area (Å²) in [6.07, 6.45) is 1.40. The van der Waals surface area contributed by atoms with Gasteiger partial charge in [0, 0.05) is 11.1 Å². The number of nitrogens with one attached hydrogen (secondary N) is 2. The number of ether oxygens (including phenoxy) is 4. The Morgan fingerprint density at radius 1 is 0.775 bits per heavy atom. The minimum Gasteiger partial charge on any atom is -0.493 e. The number of carbonyl (C=O) groups excluding carboxylic acids is 3. The van der Waals surface area contributed by atoms with E-state index in [4.69, 9.17) is 18.9 Å². The number of carbonyl (C=O) groups is 3. The van der Waals surface area contributed by atoms with Crippen LogP contribution in [0.25, 0.3) is 10.8 Å². The number of hydrogen-bond donors (Lipinski definition) is 2. The summed E-state index contributed by atoms with van der Waals surface area (Å²) in [6, 6.07) is 22.6. The van der Waals surface area contributed by atoms with Gasteiger partial charge in [0.25, 0.3) is 11.8 Å². The molecule has 0 aliphatic carbocycles. The van der Waals surface area contributed by atoms with Crippen LogP contribution in [-0.2, 0) is 4.79 Å². The maximum atomic E-state index is 12.7. The van der Waals surface area contributed by atoms with E-state index in [1.54, 1.807) is 36.4 Å². The van der Waals surface area contributed by atoms with Crippen molar-refractivity contribution in [1.29, 1.82) is 0 Å². The highest BCUT2D eigenvalue weighted by Gasteiger charge is 2.18. The second-order valence-corrected chi connectivity index (χ2v) is 8.34. The predicted octanol–water partition coefficient (Wildman–Crippen LogP) is 3.96. The van der Waals surface area contributed by atoms with Crippen LogP contribution in [0.5, 0.6) is 23.0 Å². The Morgan fingerprint density at radius 2 is 1.45 bits per heavy atom. The molecule has 0 bridgehead atoms. The van der Waals surface area contributed by atoms with Crippen LogP contribution in [0.2, 0.25) is 0 Å². The lowest BCUT2D eigenvalue weighted by Gasteiger charge is -2.14. The van der Waals surface area contributed by atoms with Crippen LogP contribution in [0.4, 0.5) is 0 Å². The van der Waals surface area contributed by atoms with Crippen molar-refractivity contribution in [2.75, 3.05) is 27.9 Å². The van der Waals surface area contributed by atoms with Gasteiger partial charge in [0.15, 0.2) is 11.5 Å². The van der Waals surface area contributed by atoms with Gasteiger partial charge in [-0.05, 0) is 41.1 Å². The van der Waals surface area contributed by atoms with E-state index in [1.165, 1.54) is 39.7 Å². The van der Waals surface area contributed by atoms with Crippen LogP contribution in [0, 0.1) is 0 Å². The van der Waals surface area contributed by atoms with E-state index >= 15 is 0 Å². The van der Waals surface area contributed by atoms with Crippen molar-refractivity contribution < 1.29 is 33.3 Å². The molecule has 0 aliphatic rings. The average Bonchev–Trinajstić information content (AvgIpc) is 3.00. The van der Waals surface area contributed by atoms with Gasteiger partial charge in [-0.3, -0.25) is 9.59 Å². The number of nitrogens with zero attached hydrogens (tertiary/aromatic N) is 1.